The maximum atomic E-state index is 12.8. The Morgan fingerprint density at radius 3 is 2.36 bits per heavy atom. The van der Waals surface area contributed by atoms with E-state index in [0.717, 1.165) is 5.56 Å². The first-order valence-electron chi connectivity index (χ1n) is 9.99. The quantitative estimate of drug-likeness (QED) is 0.335. The SMILES string of the molecule is CCOc1ccc(S(=O)(=O)Nc2ccccc2C(=O)N/N=C\C(Cl)=C\c2ccccc2)cc1. The molecule has 33 heavy (non-hydrogen) atoms. The smallest absolute Gasteiger partial charge is 0.273 e. The molecule has 3 aromatic rings. The zero-order chi connectivity index (χ0) is 23.7. The van der Waals surface area contributed by atoms with Crippen LogP contribution in [0.2, 0.25) is 0 Å². The summed E-state index contributed by atoms with van der Waals surface area (Å²) in [5.41, 5.74) is 3.46. The number of hydrogen-bond acceptors (Lipinski definition) is 5. The van der Waals surface area contributed by atoms with Gasteiger partial charge in [0.15, 0.2) is 0 Å². The number of para-hydroxylation sites is 1. The van der Waals surface area contributed by atoms with Crippen LogP contribution in [0.4, 0.5) is 5.69 Å². The van der Waals surface area contributed by atoms with Crippen molar-refractivity contribution in [2.75, 3.05) is 11.3 Å². The Balaban J connectivity index is 1.71. The van der Waals surface area contributed by atoms with Gasteiger partial charge in [0.25, 0.3) is 15.9 Å². The maximum Gasteiger partial charge on any atom is 0.273 e. The van der Waals surface area contributed by atoms with Crippen LogP contribution < -0.4 is 14.9 Å². The van der Waals surface area contributed by atoms with Gasteiger partial charge in [0.05, 0.1) is 34.0 Å². The minimum atomic E-state index is -3.92. The number of amides is 1. The highest BCUT2D eigenvalue weighted by molar-refractivity contribution is 7.92. The Labute approximate surface area is 197 Å². The Kier molecular flexibility index (Phi) is 8.23. The van der Waals surface area contributed by atoms with E-state index in [1.165, 1.54) is 30.5 Å². The molecule has 0 radical (unpaired) electrons. The predicted octanol–water partition coefficient (Wildman–Crippen LogP) is 4.88. The van der Waals surface area contributed by atoms with Gasteiger partial charge < -0.3 is 4.74 Å². The molecule has 0 bridgehead atoms. The molecule has 7 nitrogen and oxygen atoms in total. The van der Waals surface area contributed by atoms with E-state index in [9.17, 15) is 13.2 Å². The highest BCUT2D eigenvalue weighted by atomic mass is 35.5. The fourth-order valence-corrected chi connectivity index (χ4v) is 4.07. The van der Waals surface area contributed by atoms with E-state index < -0.39 is 15.9 Å². The summed E-state index contributed by atoms with van der Waals surface area (Å²) in [6.07, 6.45) is 2.98. The molecule has 0 aliphatic rings. The molecular formula is C24H22ClN3O4S. The number of carbonyl (C=O) groups is 1. The fourth-order valence-electron chi connectivity index (χ4n) is 2.81. The molecule has 0 heterocycles. The highest BCUT2D eigenvalue weighted by Gasteiger charge is 2.18. The van der Waals surface area contributed by atoms with Gasteiger partial charge >= 0.3 is 0 Å². The van der Waals surface area contributed by atoms with Crippen LogP contribution in [-0.4, -0.2) is 27.1 Å². The van der Waals surface area contributed by atoms with Crippen LogP contribution in [0.25, 0.3) is 6.08 Å². The van der Waals surface area contributed by atoms with Crippen LogP contribution in [0.5, 0.6) is 5.75 Å². The lowest BCUT2D eigenvalue weighted by Crippen LogP contribution is -2.21. The Morgan fingerprint density at radius 1 is 1.00 bits per heavy atom. The van der Waals surface area contributed by atoms with E-state index in [0.29, 0.717) is 17.4 Å². The molecule has 3 aromatic carbocycles. The topological polar surface area (TPSA) is 96.9 Å². The minimum absolute atomic E-state index is 0.0389. The van der Waals surface area contributed by atoms with Gasteiger partial charge in [-0.3, -0.25) is 9.52 Å². The van der Waals surface area contributed by atoms with Crippen LogP contribution in [0.3, 0.4) is 0 Å². The fraction of sp³-hybridized carbons (Fsp3) is 0.0833. The van der Waals surface area contributed by atoms with Gasteiger partial charge in [-0.15, -0.1) is 0 Å². The van der Waals surface area contributed by atoms with E-state index >= 15 is 0 Å². The number of hydrogen-bond donors (Lipinski definition) is 2. The number of hydrazone groups is 1. The van der Waals surface area contributed by atoms with Crippen molar-refractivity contribution in [3.8, 4) is 5.75 Å². The van der Waals surface area contributed by atoms with Crippen LogP contribution >= 0.6 is 11.6 Å². The third kappa shape index (κ3) is 6.93. The molecule has 170 valence electrons. The van der Waals surface area contributed by atoms with Crippen LogP contribution in [-0.2, 0) is 10.0 Å². The standard InChI is InChI=1S/C24H22ClN3O4S/c1-2-32-20-12-14-21(15-13-20)33(30,31)28-23-11-7-6-10-22(23)24(29)27-26-17-19(25)16-18-8-4-3-5-9-18/h3-17,28H,2H2,1H3,(H,27,29)/b19-16-,26-17-. The Bertz CT molecular complexity index is 1260. The first kappa shape index (κ1) is 24.0. The molecular weight excluding hydrogens is 462 g/mol. The Morgan fingerprint density at radius 2 is 1.67 bits per heavy atom. The minimum Gasteiger partial charge on any atom is -0.494 e. The molecule has 3 rings (SSSR count). The number of allylic oxidation sites excluding steroid dienone is 1. The van der Waals surface area contributed by atoms with Crippen LogP contribution in [0.15, 0.2) is 93.9 Å². The number of anilines is 1. The van der Waals surface area contributed by atoms with Gasteiger partial charge in [-0.2, -0.15) is 5.10 Å². The molecule has 0 fully saturated rings. The average molecular weight is 484 g/mol. The van der Waals surface area contributed by atoms with E-state index in [1.54, 1.807) is 30.3 Å². The molecule has 0 aliphatic heterocycles. The first-order valence-corrected chi connectivity index (χ1v) is 11.9. The summed E-state index contributed by atoms with van der Waals surface area (Å²) >= 11 is 6.12. The third-order valence-corrected chi connectivity index (χ3v) is 5.91. The number of nitrogens with one attached hydrogen (secondary N) is 2. The van der Waals surface area contributed by atoms with Gasteiger partial charge in [0.1, 0.15) is 5.75 Å². The van der Waals surface area contributed by atoms with Crippen LogP contribution in [0, 0.1) is 0 Å². The summed E-state index contributed by atoms with van der Waals surface area (Å²) in [5, 5.41) is 4.16. The lowest BCUT2D eigenvalue weighted by Gasteiger charge is -2.12. The Hall–Kier alpha value is -3.62. The molecule has 2 N–H and O–H groups in total. The van der Waals surface area contributed by atoms with Crippen molar-refractivity contribution in [1.29, 1.82) is 0 Å². The zero-order valence-electron chi connectivity index (χ0n) is 17.7. The largest absolute Gasteiger partial charge is 0.494 e. The number of carbonyl (C=O) groups excluding carboxylic acids is 1. The molecule has 0 spiro atoms. The number of benzene rings is 3. The zero-order valence-corrected chi connectivity index (χ0v) is 19.3. The average Bonchev–Trinajstić information content (AvgIpc) is 2.80. The van der Waals surface area contributed by atoms with E-state index in [1.807, 2.05) is 37.3 Å². The van der Waals surface area contributed by atoms with Crippen molar-refractivity contribution in [2.24, 2.45) is 5.10 Å². The first-order chi connectivity index (χ1) is 15.9. The molecule has 0 aromatic heterocycles. The van der Waals surface area contributed by atoms with Crippen molar-refractivity contribution in [1.82, 2.24) is 5.43 Å². The van der Waals surface area contributed by atoms with Crippen molar-refractivity contribution in [3.63, 3.8) is 0 Å². The second-order valence-corrected chi connectivity index (χ2v) is 8.81. The molecule has 0 atom stereocenters. The van der Waals surface area contributed by atoms with Crippen LogP contribution in [0.1, 0.15) is 22.8 Å². The summed E-state index contributed by atoms with van der Waals surface area (Å²) < 4.78 is 33.4. The molecule has 0 saturated carbocycles. The van der Waals surface area contributed by atoms with Gasteiger partial charge in [-0.25, -0.2) is 13.8 Å². The lowest BCUT2D eigenvalue weighted by atomic mass is 10.2. The number of halogens is 1. The number of nitrogens with zero attached hydrogens (tertiary/aromatic N) is 1. The summed E-state index contributed by atoms with van der Waals surface area (Å²) in [6.45, 7) is 2.31. The van der Waals surface area contributed by atoms with E-state index in [2.05, 4.69) is 15.2 Å². The predicted molar refractivity (Wildman–Crippen MR) is 131 cm³/mol. The summed E-state index contributed by atoms with van der Waals surface area (Å²) in [5.74, 6) is -0.0329. The highest BCUT2D eigenvalue weighted by Crippen LogP contribution is 2.22. The molecule has 0 unspecified atom stereocenters. The maximum absolute atomic E-state index is 12.8. The molecule has 9 heteroatoms. The van der Waals surface area contributed by atoms with E-state index in [4.69, 9.17) is 16.3 Å². The normalized spacial score (nSPS) is 11.9. The number of rotatable bonds is 9. The van der Waals surface area contributed by atoms with Gasteiger partial charge in [-0.05, 0) is 55.0 Å². The van der Waals surface area contributed by atoms with Crippen molar-refractivity contribution in [3.05, 3.63) is 95.0 Å². The monoisotopic (exact) mass is 483 g/mol. The van der Waals surface area contributed by atoms with Gasteiger partial charge in [-0.1, -0.05) is 54.1 Å². The van der Waals surface area contributed by atoms with Crippen molar-refractivity contribution >= 4 is 45.5 Å². The van der Waals surface area contributed by atoms with Gasteiger partial charge in [0, 0.05) is 0 Å². The molecule has 0 saturated heterocycles. The second-order valence-electron chi connectivity index (χ2n) is 6.69. The van der Waals surface area contributed by atoms with Gasteiger partial charge in [0.2, 0.25) is 0 Å². The number of sulfonamides is 1. The second kappa shape index (κ2) is 11.3. The summed E-state index contributed by atoms with van der Waals surface area (Å²) in [4.78, 5) is 12.6. The molecule has 0 aliphatic carbocycles. The summed E-state index contributed by atoms with van der Waals surface area (Å²) in [7, 11) is -3.92. The number of ether oxygens (including phenoxy) is 1. The third-order valence-electron chi connectivity index (χ3n) is 4.32. The molecule has 1 amide bonds. The lowest BCUT2D eigenvalue weighted by molar-refractivity contribution is 0.0956. The van der Waals surface area contributed by atoms with E-state index in [-0.39, 0.29) is 16.1 Å². The van der Waals surface area contributed by atoms with Crippen molar-refractivity contribution < 1.29 is 17.9 Å². The van der Waals surface area contributed by atoms with Crippen molar-refractivity contribution in [2.45, 2.75) is 11.8 Å². The summed E-state index contributed by atoms with van der Waals surface area (Å²) in [6, 6.07) is 21.6.